The van der Waals surface area contributed by atoms with E-state index in [1.165, 1.54) is 0 Å². The summed E-state index contributed by atoms with van der Waals surface area (Å²) in [7, 11) is 0. The second-order valence-electron chi connectivity index (χ2n) is 15.9. The zero-order chi connectivity index (χ0) is 42.7. The molecule has 0 spiro atoms. The molecule has 5 N–H and O–H groups in total. The summed E-state index contributed by atoms with van der Waals surface area (Å²) in [5.41, 5.74) is 2.05. The van der Waals surface area contributed by atoms with Crippen molar-refractivity contribution in [1.82, 2.24) is 20.9 Å². The van der Waals surface area contributed by atoms with Crippen molar-refractivity contribution in [2.24, 2.45) is 15.7 Å². The molecular weight excluding hydrogens is 760 g/mol. The van der Waals surface area contributed by atoms with E-state index in [0.717, 1.165) is 25.2 Å². The number of alkyl carbamates (subject to hydrolysis) is 1. The van der Waals surface area contributed by atoms with Crippen LogP contribution in [-0.2, 0) is 11.3 Å². The molecule has 4 rings (SSSR count). The van der Waals surface area contributed by atoms with E-state index >= 15 is 0 Å². The first-order valence-corrected chi connectivity index (χ1v) is 19.9. The van der Waals surface area contributed by atoms with Crippen molar-refractivity contribution < 1.29 is 33.9 Å². The average molecular weight is 819 g/mol. The lowest BCUT2D eigenvalue weighted by Crippen LogP contribution is -2.57. The molecule has 0 unspecified atom stereocenters. The Morgan fingerprint density at radius 2 is 1.41 bits per heavy atom. The quantitative estimate of drug-likeness (QED) is 0.0238. The lowest BCUT2D eigenvalue weighted by molar-refractivity contribution is 0.104. The van der Waals surface area contributed by atoms with Gasteiger partial charge < -0.3 is 45.2 Å². The van der Waals surface area contributed by atoms with E-state index in [-0.39, 0.29) is 18.9 Å². The summed E-state index contributed by atoms with van der Waals surface area (Å²) >= 11 is 6.39. The first-order valence-electron chi connectivity index (χ1n) is 19.6. The highest BCUT2D eigenvalue weighted by Gasteiger charge is 2.33. The van der Waals surface area contributed by atoms with Gasteiger partial charge in [-0.1, -0.05) is 66.9 Å². The Morgan fingerprint density at radius 3 is 1.97 bits per heavy atom. The van der Waals surface area contributed by atoms with Crippen LogP contribution < -0.4 is 20.7 Å². The lowest BCUT2D eigenvalue weighted by Gasteiger charge is -2.38. The third kappa shape index (κ3) is 12.0. The summed E-state index contributed by atoms with van der Waals surface area (Å²) in [5, 5.41) is 36.3. The summed E-state index contributed by atoms with van der Waals surface area (Å²) < 4.78 is 17.8. The topological polar surface area (TPSA) is 170 Å². The largest absolute Gasteiger partial charge is 0.492 e. The van der Waals surface area contributed by atoms with Gasteiger partial charge in [-0.2, -0.15) is 0 Å². The molecule has 0 aliphatic heterocycles. The van der Waals surface area contributed by atoms with Crippen LogP contribution in [0.15, 0.2) is 81.5 Å². The molecule has 1 heterocycles. The Kier molecular flexibility index (Phi) is 15.9. The number of carbonyl (C=O) groups excluding carboxylic acids is 2. The predicted octanol–water partition coefficient (Wildman–Crippen LogP) is 8.37. The zero-order valence-electron chi connectivity index (χ0n) is 35.2. The van der Waals surface area contributed by atoms with Gasteiger partial charge in [0.2, 0.25) is 0 Å². The minimum Gasteiger partial charge on any atom is -0.492 e. The van der Waals surface area contributed by atoms with Crippen LogP contribution in [0.3, 0.4) is 0 Å². The highest BCUT2D eigenvalue weighted by atomic mass is 35.5. The van der Waals surface area contributed by atoms with E-state index in [0.29, 0.717) is 75.3 Å². The fourth-order valence-electron chi connectivity index (χ4n) is 5.98. The molecule has 1 aromatic heterocycles. The number of oxime groups is 2. The molecule has 0 aliphatic rings. The van der Waals surface area contributed by atoms with E-state index in [4.69, 9.17) is 25.5 Å². The van der Waals surface area contributed by atoms with Gasteiger partial charge in [-0.15, -0.1) is 0 Å². The van der Waals surface area contributed by atoms with Gasteiger partial charge in [0.1, 0.15) is 30.3 Å². The van der Waals surface area contributed by atoms with Gasteiger partial charge >= 0.3 is 6.09 Å². The monoisotopic (exact) mass is 818 g/mol. The standard InChI is InChI=1S/C44H59ClN6O7/c1-10-51(11-2)22-23-56-35-19-16-32(17-20-35)39(52)38-36-24-34(45)18-21-37(36)58-40(38)33-14-12-31(13-15-33)25-57-41(53)46-26-44(9,27-47-42(5,6)29(3)49-54)28-48-43(7,8)30(4)50-55/h12-21,24,47-48,54-55H,10-11,22-23,25-28H2,1-9H3,(H,46,53)/b49-29+,50-30+. The summed E-state index contributed by atoms with van der Waals surface area (Å²) in [6.45, 7) is 21.7. The van der Waals surface area contributed by atoms with Crippen molar-refractivity contribution in [1.29, 1.82) is 0 Å². The number of halogens is 1. The number of carbonyl (C=O) groups is 2. The Bertz CT molecular complexity index is 2020. The number of amides is 1. The fraction of sp³-hybridized carbons (Fsp3) is 0.455. The molecule has 1 amide bonds. The molecule has 13 nitrogen and oxygen atoms in total. The molecule has 14 heteroatoms. The number of likely N-dealkylation sites (N-methyl/N-ethyl adjacent to an activating group) is 1. The van der Waals surface area contributed by atoms with Crippen LogP contribution >= 0.6 is 11.6 Å². The predicted molar refractivity (Wildman–Crippen MR) is 230 cm³/mol. The van der Waals surface area contributed by atoms with Crippen molar-refractivity contribution in [2.45, 2.75) is 80.0 Å². The third-order valence-electron chi connectivity index (χ3n) is 10.8. The first kappa shape index (κ1) is 45.7. The van der Waals surface area contributed by atoms with Gasteiger partial charge in [0.15, 0.2) is 5.78 Å². The molecule has 0 radical (unpaired) electrons. The van der Waals surface area contributed by atoms with E-state index in [1.807, 2.05) is 58.9 Å². The number of hydrogen-bond acceptors (Lipinski definition) is 12. The van der Waals surface area contributed by atoms with Crippen molar-refractivity contribution in [3.8, 4) is 17.1 Å². The Balaban J connectivity index is 1.45. The first-order chi connectivity index (χ1) is 27.5. The number of ether oxygens (including phenoxy) is 2. The van der Waals surface area contributed by atoms with Crippen LogP contribution in [-0.4, -0.2) is 95.6 Å². The summed E-state index contributed by atoms with van der Waals surface area (Å²) in [6.07, 6.45) is -0.600. The Morgan fingerprint density at radius 1 is 0.828 bits per heavy atom. The zero-order valence-corrected chi connectivity index (χ0v) is 35.9. The van der Waals surface area contributed by atoms with Crippen LogP contribution in [0.5, 0.6) is 5.75 Å². The molecule has 3 aromatic carbocycles. The van der Waals surface area contributed by atoms with Crippen LogP contribution in [0.2, 0.25) is 5.02 Å². The van der Waals surface area contributed by atoms with E-state index in [1.54, 1.807) is 56.3 Å². The van der Waals surface area contributed by atoms with E-state index in [9.17, 15) is 20.0 Å². The summed E-state index contributed by atoms with van der Waals surface area (Å²) in [5.74, 6) is 0.875. The van der Waals surface area contributed by atoms with Gasteiger partial charge in [-0.25, -0.2) is 4.79 Å². The van der Waals surface area contributed by atoms with Crippen LogP contribution in [0.25, 0.3) is 22.3 Å². The van der Waals surface area contributed by atoms with Gasteiger partial charge in [-0.05, 0) is 103 Å². The van der Waals surface area contributed by atoms with E-state index in [2.05, 4.69) is 45.0 Å². The molecular formula is C44H59ClN6O7. The van der Waals surface area contributed by atoms with Gasteiger partial charge in [0.25, 0.3) is 0 Å². The number of hydrogen-bond donors (Lipinski definition) is 5. The van der Waals surface area contributed by atoms with Crippen molar-refractivity contribution in [3.05, 3.63) is 88.4 Å². The normalized spacial score (nSPS) is 12.9. The number of furan rings is 1. The lowest BCUT2D eigenvalue weighted by atomic mass is 9.86. The molecule has 4 aromatic rings. The number of ketones is 1. The second kappa shape index (κ2) is 20.1. The molecule has 0 saturated heterocycles. The van der Waals surface area contributed by atoms with Gasteiger partial charge in [-0.3, -0.25) is 4.79 Å². The molecule has 0 bridgehead atoms. The highest BCUT2D eigenvalue weighted by Crippen LogP contribution is 2.37. The van der Waals surface area contributed by atoms with Gasteiger partial charge in [0, 0.05) is 53.1 Å². The van der Waals surface area contributed by atoms with E-state index < -0.39 is 22.6 Å². The van der Waals surface area contributed by atoms with Crippen molar-refractivity contribution in [2.75, 3.05) is 45.9 Å². The molecule has 0 atom stereocenters. The molecule has 0 fully saturated rings. The molecule has 314 valence electrons. The minimum atomic E-state index is -0.615. The molecule has 58 heavy (non-hydrogen) atoms. The number of benzene rings is 3. The maximum atomic E-state index is 14.1. The summed E-state index contributed by atoms with van der Waals surface area (Å²) in [6, 6.07) is 19.6. The van der Waals surface area contributed by atoms with Crippen molar-refractivity contribution in [3.63, 3.8) is 0 Å². The average Bonchev–Trinajstić information content (AvgIpc) is 3.60. The van der Waals surface area contributed by atoms with Crippen molar-refractivity contribution >= 4 is 45.9 Å². The van der Waals surface area contributed by atoms with Gasteiger partial charge in [0.05, 0.1) is 28.1 Å². The maximum Gasteiger partial charge on any atom is 0.407 e. The Labute approximate surface area is 346 Å². The molecule has 0 aliphatic carbocycles. The smallest absolute Gasteiger partial charge is 0.407 e. The Hall–Kier alpha value is -4.95. The minimum absolute atomic E-state index is 0.00255. The third-order valence-corrected chi connectivity index (χ3v) is 11.1. The SMILES string of the molecule is CCN(CC)CCOc1ccc(C(=O)c2c(-c3ccc(COC(=O)NCC(C)(CNC(C)(C)/C(C)=N/O)CNC(C)(C)/C(C)=N/O)cc3)oc3ccc(Cl)cc23)cc1. The number of rotatable bonds is 21. The second-order valence-corrected chi connectivity index (χ2v) is 16.4. The van der Waals surface area contributed by atoms with Crippen LogP contribution in [0, 0.1) is 5.41 Å². The number of nitrogens with zero attached hydrogens (tertiary/aromatic N) is 3. The van der Waals surface area contributed by atoms with Crippen LogP contribution in [0.4, 0.5) is 4.79 Å². The highest BCUT2D eigenvalue weighted by molar-refractivity contribution is 6.32. The fourth-order valence-corrected chi connectivity index (χ4v) is 6.15. The number of fused-ring (bicyclic) bond motifs is 1. The summed E-state index contributed by atoms with van der Waals surface area (Å²) in [4.78, 5) is 29.4. The van der Waals surface area contributed by atoms with Crippen LogP contribution in [0.1, 0.15) is 83.8 Å². The number of nitrogens with one attached hydrogen (secondary N) is 3. The maximum absolute atomic E-state index is 14.1. The molecule has 0 saturated carbocycles.